The molecular formula is C24H30Cl3N3O4S. The molecule has 0 aromatic heterocycles. The third kappa shape index (κ3) is 8.00. The van der Waals surface area contributed by atoms with Gasteiger partial charge in [0, 0.05) is 12.6 Å². The Morgan fingerprint density at radius 1 is 0.971 bits per heavy atom. The van der Waals surface area contributed by atoms with Crippen LogP contribution in [0.2, 0.25) is 15.1 Å². The molecule has 0 saturated carbocycles. The van der Waals surface area contributed by atoms with Gasteiger partial charge in [0.25, 0.3) is 0 Å². The maximum atomic E-state index is 13.6. The number of para-hydroxylation sites is 1. The van der Waals surface area contributed by atoms with E-state index in [2.05, 4.69) is 5.32 Å². The molecule has 11 heteroatoms. The fourth-order valence-electron chi connectivity index (χ4n) is 3.44. The Balaban J connectivity index is 2.48. The maximum absolute atomic E-state index is 13.6. The molecule has 0 heterocycles. The lowest BCUT2D eigenvalue weighted by Crippen LogP contribution is -2.53. The molecule has 2 rings (SSSR count). The van der Waals surface area contributed by atoms with E-state index in [1.165, 1.54) is 11.0 Å². The first kappa shape index (κ1) is 29.2. The van der Waals surface area contributed by atoms with E-state index in [1.54, 1.807) is 43.3 Å². The van der Waals surface area contributed by atoms with Gasteiger partial charge in [-0.05, 0) is 49.6 Å². The van der Waals surface area contributed by atoms with Gasteiger partial charge < -0.3 is 10.2 Å². The van der Waals surface area contributed by atoms with Gasteiger partial charge in [-0.25, -0.2) is 8.42 Å². The van der Waals surface area contributed by atoms with Gasteiger partial charge in [-0.3, -0.25) is 13.9 Å². The summed E-state index contributed by atoms with van der Waals surface area (Å²) in [6.07, 6.45) is 2.04. The smallest absolute Gasteiger partial charge is 0.244 e. The third-order valence-corrected chi connectivity index (χ3v) is 7.71. The summed E-state index contributed by atoms with van der Waals surface area (Å²) in [5.74, 6) is -0.883. The minimum Gasteiger partial charge on any atom is -0.352 e. The van der Waals surface area contributed by atoms with Crippen LogP contribution in [0.3, 0.4) is 0 Å². The van der Waals surface area contributed by atoms with Crippen molar-refractivity contribution in [2.75, 3.05) is 17.1 Å². The Bertz CT molecular complexity index is 1160. The van der Waals surface area contributed by atoms with Gasteiger partial charge in [0.05, 0.1) is 27.0 Å². The van der Waals surface area contributed by atoms with Gasteiger partial charge in [-0.1, -0.05) is 66.8 Å². The average Bonchev–Trinajstić information content (AvgIpc) is 2.79. The quantitative estimate of drug-likeness (QED) is 0.411. The summed E-state index contributed by atoms with van der Waals surface area (Å²) < 4.78 is 26.2. The number of carbonyl (C=O) groups is 2. The molecule has 0 aliphatic heterocycles. The highest BCUT2D eigenvalue weighted by atomic mass is 35.5. The number of amides is 2. The number of sulfonamides is 1. The predicted molar refractivity (Wildman–Crippen MR) is 143 cm³/mol. The normalized spacial score (nSPS) is 13.1. The number of hydrogen-bond acceptors (Lipinski definition) is 4. The van der Waals surface area contributed by atoms with Crippen molar-refractivity contribution in [3.63, 3.8) is 0 Å². The first-order valence-electron chi connectivity index (χ1n) is 11.1. The third-order valence-electron chi connectivity index (χ3n) is 5.52. The Labute approximate surface area is 222 Å². The fraction of sp³-hybridized carbons (Fsp3) is 0.417. The number of anilines is 1. The van der Waals surface area contributed by atoms with Crippen molar-refractivity contribution in [3.05, 3.63) is 63.1 Å². The standard InChI is InChI=1S/C24H30Cl3N3O4S/c1-5-16(3)28-24(32)21(6-2)29(14-17-11-12-18(25)20(27)13-17)23(31)15-30(35(4,33)34)22-10-8-7-9-19(22)26/h7-13,16,21H,5-6,14-15H2,1-4H3,(H,28,32). The second-order valence-electron chi connectivity index (χ2n) is 8.23. The highest BCUT2D eigenvalue weighted by Gasteiger charge is 2.32. The van der Waals surface area contributed by atoms with E-state index >= 15 is 0 Å². The fourth-order valence-corrected chi connectivity index (χ4v) is 4.91. The Morgan fingerprint density at radius 3 is 2.17 bits per heavy atom. The highest BCUT2D eigenvalue weighted by Crippen LogP contribution is 2.28. The summed E-state index contributed by atoms with van der Waals surface area (Å²) in [4.78, 5) is 28.1. The zero-order valence-electron chi connectivity index (χ0n) is 20.1. The van der Waals surface area contributed by atoms with Crippen LogP contribution in [0, 0.1) is 0 Å². The second-order valence-corrected chi connectivity index (χ2v) is 11.4. The van der Waals surface area contributed by atoms with E-state index in [0.717, 1.165) is 17.0 Å². The van der Waals surface area contributed by atoms with E-state index in [1.807, 2.05) is 13.8 Å². The Hall–Kier alpha value is -2.00. The lowest BCUT2D eigenvalue weighted by molar-refractivity contribution is -0.140. The van der Waals surface area contributed by atoms with Crippen molar-refractivity contribution in [2.45, 2.75) is 52.2 Å². The average molecular weight is 563 g/mol. The van der Waals surface area contributed by atoms with Crippen molar-refractivity contribution in [2.24, 2.45) is 0 Å². The van der Waals surface area contributed by atoms with Crippen molar-refractivity contribution in [1.29, 1.82) is 0 Å². The molecule has 0 aliphatic carbocycles. The highest BCUT2D eigenvalue weighted by molar-refractivity contribution is 7.92. The van der Waals surface area contributed by atoms with Crippen LogP contribution in [0.1, 0.15) is 39.2 Å². The van der Waals surface area contributed by atoms with Crippen LogP contribution in [0.25, 0.3) is 0 Å². The SMILES string of the molecule is CCC(C)NC(=O)C(CC)N(Cc1ccc(Cl)c(Cl)c1)C(=O)CN(c1ccccc1Cl)S(C)(=O)=O. The molecule has 35 heavy (non-hydrogen) atoms. The number of hydrogen-bond donors (Lipinski definition) is 1. The summed E-state index contributed by atoms with van der Waals surface area (Å²) in [6.45, 7) is 5.11. The molecule has 0 aliphatic rings. The molecule has 2 unspecified atom stereocenters. The van der Waals surface area contributed by atoms with Crippen molar-refractivity contribution < 1.29 is 18.0 Å². The largest absolute Gasteiger partial charge is 0.352 e. The van der Waals surface area contributed by atoms with Gasteiger partial charge in [0.15, 0.2) is 0 Å². The minimum absolute atomic E-state index is 0.0300. The molecule has 2 amide bonds. The second kappa shape index (κ2) is 12.8. The topological polar surface area (TPSA) is 86.8 Å². The summed E-state index contributed by atoms with van der Waals surface area (Å²) >= 11 is 18.4. The summed E-state index contributed by atoms with van der Waals surface area (Å²) in [7, 11) is -3.87. The zero-order chi connectivity index (χ0) is 26.3. The van der Waals surface area contributed by atoms with E-state index in [9.17, 15) is 18.0 Å². The van der Waals surface area contributed by atoms with E-state index in [0.29, 0.717) is 22.0 Å². The molecule has 0 saturated heterocycles. The van der Waals surface area contributed by atoms with Crippen molar-refractivity contribution >= 4 is 62.3 Å². The van der Waals surface area contributed by atoms with Gasteiger partial charge >= 0.3 is 0 Å². The molecule has 0 spiro atoms. The maximum Gasteiger partial charge on any atom is 0.244 e. The van der Waals surface area contributed by atoms with Crippen molar-refractivity contribution in [3.8, 4) is 0 Å². The number of rotatable bonds is 11. The van der Waals surface area contributed by atoms with Crippen LogP contribution < -0.4 is 9.62 Å². The first-order chi connectivity index (χ1) is 16.4. The molecule has 7 nitrogen and oxygen atoms in total. The molecular weight excluding hydrogens is 533 g/mol. The molecule has 192 valence electrons. The van der Waals surface area contributed by atoms with E-state index in [-0.39, 0.29) is 29.2 Å². The van der Waals surface area contributed by atoms with Crippen LogP contribution in [-0.4, -0.2) is 50.0 Å². The first-order valence-corrected chi connectivity index (χ1v) is 14.1. The predicted octanol–water partition coefficient (Wildman–Crippen LogP) is 5.13. The molecule has 0 bridgehead atoms. The molecule has 0 radical (unpaired) electrons. The van der Waals surface area contributed by atoms with Crippen LogP contribution in [-0.2, 0) is 26.2 Å². The number of carbonyl (C=O) groups excluding carboxylic acids is 2. The lowest BCUT2D eigenvalue weighted by Gasteiger charge is -2.33. The van der Waals surface area contributed by atoms with Gasteiger partial charge in [0.1, 0.15) is 12.6 Å². The molecule has 0 fully saturated rings. The summed E-state index contributed by atoms with van der Waals surface area (Å²) in [6, 6.07) is 10.4. The van der Waals surface area contributed by atoms with Crippen LogP contribution >= 0.6 is 34.8 Å². The monoisotopic (exact) mass is 561 g/mol. The molecule has 1 N–H and O–H groups in total. The van der Waals surface area contributed by atoms with Crippen LogP contribution in [0.15, 0.2) is 42.5 Å². The van der Waals surface area contributed by atoms with Crippen LogP contribution in [0.4, 0.5) is 5.69 Å². The van der Waals surface area contributed by atoms with Crippen molar-refractivity contribution in [1.82, 2.24) is 10.2 Å². The zero-order valence-corrected chi connectivity index (χ0v) is 23.2. The Morgan fingerprint density at radius 2 is 1.63 bits per heavy atom. The minimum atomic E-state index is -3.87. The van der Waals surface area contributed by atoms with E-state index < -0.39 is 28.5 Å². The molecule has 2 aromatic carbocycles. The van der Waals surface area contributed by atoms with Crippen LogP contribution in [0.5, 0.6) is 0 Å². The van der Waals surface area contributed by atoms with Gasteiger partial charge in [-0.15, -0.1) is 0 Å². The van der Waals surface area contributed by atoms with Gasteiger partial charge in [0.2, 0.25) is 21.8 Å². The summed E-state index contributed by atoms with van der Waals surface area (Å²) in [5.41, 5.74) is 0.822. The Kier molecular flexibility index (Phi) is 10.7. The number of nitrogens with zero attached hydrogens (tertiary/aromatic N) is 2. The van der Waals surface area contributed by atoms with E-state index in [4.69, 9.17) is 34.8 Å². The lowest BCUT2D eigenvalue weighted by atomic mass is 10.1. The molecule has 2 atom stereocenters. The number of benzene rings is 2. The summed E-state index contributed by atoms with van der Waals surface area (Å²) in [5, 5.41) is 3.76. The molecule has 2 aromatic rings. The van der Waals surface area contributed by atoms with Gasteiger partial charge in [-0.2, -0.15) is 0 Å². The number of nitrogens with one attached hydrogen (secondary N) is 1. The number of halogens is 3.